The topological polar surface area (TPSA) is 21.3 Å². The van der Waals surface area contributed by atoms with Crippen molar-refractivity contribution in [1.29, 1.82) is 0 Å². The van der Waals surface area contributed by atoms with E-state index in [1.54, 1.807) is 0 Å². The molecule has 4 heteroatoms. The van der Waals surface area contributed by atoms with Crippen LogP contribution in [-0.4, -0.2) is 19.3 Å². The molecule has 0 amide bonds. The summed E-state index contributed by atoms with van der Waals surface area (Å²) in [5.74, 6) is 0. The zero-order chi connectivity index (χ0) is 12.1. The molecule has 0 aromatic heterocycles. The molecular weight excluding hydrogens is 257 g/mol. The molecule has 0 aliphatic carbocycles. The number of hydrogen-bond donors (Lipinski definition) is 1. The number of nitrogens with one attached hydrogen (secondary N) is 1. The van der Waals surface area contributed by atoms with Crippen LogP contribution >= 0.6 is 23.2 Å². The molecule has 1 saturated heterocycles. The normalized spacial score (nSPS) is 19.8. The lowest BCUT2D eigenvalue weighted by molar-refractivity contribution is 0.104. The Hall–Kier alpha value is -0.280. The van der Waals surface area contributed by atoms with E-state index in [-0.39, 0.29) is 0 Å². The van der Waals surface area contributed by atoms with Gasteiger partial charge in [0.05, 0.1) is 6.10 Å². The fourth-order valence-electron chi connectivity index (χ4n) is 2.05. The van der Waals surface area contributed by atoms with Crippen molar-refractivity contribution in [2.45, 2.75) is 31.9 Å². The molecule has 1 aromatic rings. The Kier molecular flexibility index (Phi) is 5.11. The third-order valence-corrected chi connectivity index (χ3v) is 3.74. The van der Waals surface area contributed by atoms with Crippen LogP contribution in [-0.2, 0) is 11.3 Å². The number of ether oxygens (including phenoxy) is 1. The summed E-state index contributed by atoms with van der Waals surface area (Å²) in [4.78, 5) is 0. The van der Waals surface area contributed by atoms with Gasteiger partial charge in [-0.25, -0.2) is 0 Å². The molecule has 17 heavy (non-hydrogen) atoms. The molecular formula is C13H17Cl2NO. The summed E-state index contributed by atoms with van der Waals surface area (Å²) in [6.45, 7) is 2.57. The van der Waals surface area contributed by atoms with Crippen LogP contribution in [0.4, 0.5) is 0 Å². The minimum absolute atomic E-state index is 0.434. The van der Waals surface area contributed by atoms with Gasteiger partial charge in [0.2, 0.25) is 0 Å². The molecule has 1 unspecified atom stereocenters. The van der Waals surface area contributed by atoms with E-state index in [9.17, 15) is 0 Å². The highest BCUT2D eigenvalue weighted by atomic mass is 35.5. The van der Waals surface area contributed by atoms with Crippen molar-refractivity contribution in [3.05, 3.63) is 33.8 Å². The van der Waals surface area contributed by atoms with Gasteiger partial charge in [-0.3, -0.25) is 0 Å². The van der Waals surface area contributed by atoms with Crippen LogP contribution in [0.3, 0.4) is 0 Å². The van der Waals surface area contributed by atoms with Gasteiger partial charge in [0.1, 0.15) is 0 Å². The van der Waals surface area contributed by atoms with E-state index < -0.39 is 0 Å². The first-order chi connectivity index (χ1) is 8.27. The van der Waals surface area contributed by atoms with E-state index in [0.717, 1.165) is 35.2 Å². The second kappa shape index (κ2) is 6.60. The second-order valence-corrected chi connectivity index (χ2v) is 5.12. The molecule has 2 rings (SSSR count). The SMILES string of the molecule is Clc1cccc(Cl)c1CNCCC1CCCO1. The van der Waals surface area contributed by atoms with Crippen LogP contribution in [0.15, 0.2) is 18.2 Å². The van der Waals surface area contributed by atoms with Crippen molar-refractivity contribution in [3.63, 3.8) is 0 Å². The van der Waals surface area contributed by atoms with E-state index >= 15 is 0 Å². The molecule has 1 atom stereocenters. The first-order valence-electron chi connectivity index (χ1n) is 6.02. The predicted octanol–water partition coefficient (Wildman–Crippen LogP) is 3.65. The lowest BCUT2D eigenvalue weighted by atomic mass is 10.2. The number of hydrogen-bond acceptors (Lipinski definition) is 2. The van der Waals surface area contributed by atoms with Gasteiger partial charge >= 0.3 is 0 Å². The summed E-state index contributed by atoms with van der Waals surface area (Å²) in [6, 6.07) is 5.59. The van der Waals surface area contributed by atoms with Crippen LogP contribution in [0.2, 0.25) is 10.0 Å². The molecule has 0 saturated carbocycles. The third-order valence-electron chi connectivity index (χ3n) is 3.03. The maximum atomic E-state index is 6.09. The van der Waals surface area contributed by atoms with E-state index in [2.05, 4.69) is 5.32 Å². The van der Waals surface area contributed by atoms with Crippen molar-refractivity contribution in [1.82, 2.24) is 5.32 Å². The maximum Gasteiger partial charge on any atom is 0.0588 e. The Morgan fingerprint density at radius 2 is 2.06 bits per heavy atom. The first-order valence-corrected chi connectivity index (χ1v) is 6.78. The minimum atomic E-state index is 0.434. The lowest BCUT2D eigenvalue weighted by Crippen LogP contribution is -2.20. The van der Waals surface area contributed by atoms with E-state index in [4.69, 9.17) is 27.9 Å². The van der Waals surface area contributed by atoms with Gasteiger partial charge in [-0.15, -0.1) is 0 Å². The Morgan fingerprint density at radius 1 is 1.29 bits per heavy atom. The summed E-state index contributed by atoms with van der Waals surface area (Å²) in [6.07, 6.45) is 3.88. The Morgan fingerprint density at radius 3 is 2.71 bits per heavy atom. The molecule has 0 radical (unpaired) electrons. The summed E-state index contributed by atoms with van der Waals surface area (Å²) in [5, 5.41) is 4.81. The van der Waals surface area contributed by atoms with Gasteiger partial charge in [0, 0.05) is 28.8 Å². The molecule has 1 aliphatic heterocycles. The monoisotopic (exact) mass is 273 g/mol. The van der Waals surface area contributed by atoms with Gasteiger partial charge < -0.3 is 10.1 Å². The zero-order valence-electron chi connectivity index (χ0n) is 9.72. The number of benzene rings is 1. The van der Waals surface area contributed by atoms with Crippen molar-refractivity contribution < 1.29 is 4.74 Å². The smallest absolute Gasteiger partial charge is 0.0588 e. The molecule has 1 N–H and O–H groups in total. The van der Waals surface area contributed by atoms with Crippen LogP contribution in [0.25, 0.3) is 0 Å². The van der Waals surface area contributed by atoms with Gasteiger partial charge in [-0.1, -0.05) is 29.3 Å². The highest BCUT2D eigenvalue weighted by Gasteiger charge is 2.14. The summed E-state index contributed by atoms with van der Waals surface area (Å²) in [5.41, 5.74) is 0.975. The van der Waals surface area contributed by atoms with Crippen LogP contribution in [0, 0.1) is 0 Å². The van der Waals surface area contributed by atoms with Crippen LogP contribution in [0.5, 0.6) is 0 Å². The van der Waals surface area contributed by atoms with Gasteiger partial charge in [-0.05, 0) is 37.9 Å². The molecule has 2 nitrogen and oxygen atoms in total. The highest BCUT2D eigenvalue weighted by Crippen LogP contribution is 2.23. The van der Waals surface area contributed by atoms with Crippen molar-refractivity contribution >= 4 is 23.2 Å². The largest absolute Gasteiger partial charge is 0.378 e. The van der Waals surface area contributed by atoms with E-state index in [0.29, 0.717) is 12.6 Å². The van der Waals surface area contributed by atoms with E-state index in [1.165, 1.54) is 12.8 Å². The minimum Gasteiger partial charge on any atom is -0.378 e. The summed E-state index contributed by atoms with van der Waals surface area (Å²) >= 11 is 12.2. The first kappa shape index (κ1) is 13.2. The molecule has 0 spiro atoms. The standard InChI is InChI=1S/C13H17Cl2NO/c14-12-4-1-5-13(15)11(12)9-16-7-6-10-3-2-8-17-10/h1,4-5,10,16H,2-3,6-9H2. The quantitative estimate of drug-likeness (QED) is 0.827. The van der Waals surface area contributed by atoms with Crippen LogP contribution in [0.1, 0.15) is 24.8 Å². The molecule has 0 bridgehead atoms. The Bertz CT molecular complexity index is 344. The fraction of sp³-hybridized carbons (Fsp3) is 0.538. The molecule has 1 aromatic carbocycles. The van der Waals surface area contributed by atoms with E-state index in [1.807, 2.05) is 18.2 Å². The molecule has 1 aliphatic rings. The highest BCUT2D eigenvalue weighted by molar-refractivity contribution is 6.35. The fourth-order valence-corrected chi connectivity index (χ4v) is 2.58. The van der Waals surface area contributed by atoms with Crippen LogP contribution < -0.4 is 5.32 Å². The molecule has 1 fully saturated rings. The predicted molar refractivity (Wildman–Crippen MR) is 71.8 cm³/mol. The maximum absolute atomic E-state index is 6.09. The van der Waals surface area contributed by atoms with Gasteiger partial charge in [0.15, 0.2) is 0 Å². The van der Waals surface area contributed by atoms with Crippen molar-refractivity contribution in [2.75, 3.05) is 13.2 Å². The lowest BCUT2D eigenvalue weighted by Gasteiger charge is -2.11. The number of rotatable bonds is 5. The average Bonchev–Trinajstić information content (AvgIpc) is 2.80. The van der Waals surface area contributed by atoms with Gasteiger partial charge in [0.25, 0.3) is 0 Å². The average molecular weight is 274 g/mol. The van der Waals surface area contributed by atoms with Gasteiger partial charge in [-0.2, -0.15) is 0 Å². The summed E-state index contributed by atoms with van der Waals surface area (Å²) in [7, 11) is 0. The summed E-state index contributed by atoms with van der Waals surface area (Å²) < 4.78 is 5.56. The second-order valence-electron chi connectivity index (χ2n) is 4.30. The molecule has 1 heterocycles. The molecule has 94 valence electrons. The van der Waals surface area contributed by atoms with Crippen molar-refractivity contribution in [2.24, 2.45) is 0 Å². The van der Waals surface area contributed by atoms with Crippen molar-refractivity contribution in [3.8, 4) is 0 Å². The third kappa shape index (κ3) is 3.85. The Labute approximate surface area is 112 Å². The number of halogens is 2. The Balaban J connectivity index is 1.74. The zero-order valence-corrected chi connectivity index (χ0v) is 11.2.